The first-order valence-electron chi connectivity index (χ1n) is 12.5. The lowest BCUT2D eigenvalue weighted by Gasteiger charge is -2.28. The number of nitrogens with zero attached hydrogens (tertiary/aromatic N) is 4. The van der Waals surface area contributed by atoms with Gasteiger partial charge in [-0.25, -0.2) is 14.3 Å². The monoisotopic (exact) mass is 490 g/mol. The second-order valence-electron chi connectivity index (χ2n) is 10.4. The maximum atomic E-state index is 12.9. The molecule has 0 spiro atoms. The van der Waals surface area contributed by atoms with Crippen LogP contribution in [0, 0.1) is 11.8 Å². The Morgan fingerprint density at radius 2 is 1.67 bits per heavy atom. The van der Waals surface area contributed by atoms with Gasteiger partial charge in [0, 0.05) is 30.1 Å². The molecule has 0 aliphatic heterocycles. The van der Waals surface area contributed by atoms with E-state index in [-0.39, 0.29) is 18.3 Å². The number of ether oxygens (including phenoxy) is 2. The van der Waals surface area contributed by atoms with Crippen molar-refractivity contribution in [2.45, 2.75) is 58.6 Å². The zero-order chi connectivity index (χ0) is 25.5. The Hall–Kier alpha value is -3.39. The van der Waals surface area contributed by atoms with E-state index in [1.165, 1.54) is 4.68 Å². The van der Waals surface area contributed by atoms with E-state index in [0.29, 0.717) is 36.4 Å². The summed E-state index contributed by atoms with van der Waals surface area (Å²) in [6, 6.07) is 13.5. The van der Waals surface area contributed by atoms with Gasteiger partial charge in [-0.15, -0.1) is 0 Å². The van der Waals surface area contributed by atoms with Crippen molar-refractivity contribution in [3.05, 3.63) is 65.3 Å². The first-order valence-corrected chi connectivity index (χ1v) is 12.5. The molecule has 1 aromatic carbocycles. The van der Waals surface area contributed by atoms with E-state index >= 15 is 0 Å². The standard InChI is InChI=1S/C28H34N4O4/c1-28(2,3)36-24(33)19-35-18-21-13-11-20(12-14-21)17-32-27(34)30-25(23-10-7-15-29-16-23)26(31-32)22-8-5-4-6-9-22/h4-10,15-16,20-21H,11-14,17-19H2,1-3H3. The number of hydrogen-bond acceptors (Lipinski definition) is 7. The van der Waals surface area contributed by atoms with E-state index in [4.69, 9.17) is 14.6 Å². The topological polar surface area (TPSA) is 96.2 Å². The molecule has 1 fully saturated rings. The number of esters is 1. The summed E-state index contributed by atoms with van der Waals surface area (Å²) in [6.07, 6.45) is 7.31. The molecule has 8 nitrogen and oxygen atoms in total. The molecule has 0 amide bonds. The Balaban J connectivity index is 1.39. The number of hydrogen-bond donors (Lipinski definition) is 0. The first kappa shape index (κ1) is 25.7. The number of carbonyl (C=O) groups is 1. The SMILES string of the molecule is CC(C)(C)OC(=O)COCC1CCC(Cn2nc(-c3ccccc3)c(-c3cccnc3)nc2=O)CC1. The van der Waals surface area contributed by atoms with Crippen molar-refractivity contribution in [3.63, 3.8) is 0 Å². The predicted octanol–water partition coefficient (Wildman–Crippen LogP) is 4.53. The fraction of sp³-hybridized carbons (Fsp3) is 0.464. The van der Waals surface area contributed by atoms with Crippen LogP contribution in [0.2, 0.25) is 0 Å². The molecule has 190 valence electrons. The van der Waals surface area contributed by atoms with Crippen molar-refractivity contribution in [2.75, 3.05) is 13.2 Å². The highest BCUT2D eigenvalue weighted by atomic mass is 16.6. The van der Waals surface area contributed by atoms with Gasteiger partial charge in [-0.05, 0) is 70.4 Å². The third-order valence-corrected chi connectivity index (χ3v) is 6.25. The number of rotatable bonds is 8. The van der Waals surface area contributed by atoms with Gasteiger partial charge in [0.15, 0.2) is 0 Å². The zero-order valence-electron chi connectivity index (χ0n) is 21.2. The van der Waals surface area contributed by atoms with E-state index in [1.807, 2.05) is 63.2 Å². The second kappa shape index (κ2) is 11.6. The predicted molar refractivity (Wildman–Crippen MR) is 137 cm³/mol. The molecule has 3 aromatic rings. The number of aromatic nitrogens is 4. The van der Waals surface area contributed by atoms with Crippen molar-refractivity contribution in [1.29, 1.82) is 0 Å². The molecule has 0 saturated heterocycles. The molecule has 36 heavy (non-hydrogen) atoms. The molecule has 0 radical (unpaired) electrons. The number of pyridine rings is 1. The minimum Gasteiger partial charge on any atom is -0.458 e. The van der Waals surface area contributed by atoms with Crippen LogP contribution in [0.1, 0.15) is 46.5 Å². The largest absolute Gasteiger partial charge is 0.458 e. The van der Waals surface area contributed by atoms with Crippen LogP contribution >= 0.6 is 0 Å². The maximum Gasteiger partial charge on any atom is 0.364 e. The van der Waals surface area contributed by atoms with Gasteiger partial charge in [0.05, 0.1) is 6.61 Å². The van der Waals surface area contributed by atoms with Crippen molar-refractivity contribution in [3.8, 4) is 22.5 Å². The Labute approximate surface area is 211 Å². The van der Waals surface area contributed by atoms with E-state index in [2.05, 4.69) is 9.97 Å². The van der Waals surface area contributed by atoms with E-state index in [1.54, 1.807) is 12.4 Å². The summed E-state index contributed by atoms with van der Waals surface area (Å²) >= 11 is 0. The number of carbonyl (C=O) groups excluding carboxylic acids is 1. The van der Waals surface area contributed by atoms with Crippen LogP contribution < -0.4 is 5.69 Å². The van der Waals surface area contributed by atoms with Crippen molar-refractivity contribution in [2.24, 2.45) is 11.8 Å². The molecule has 2 heterocycles. The average molecular weight is 491 g/mol. The van der Waals surface area contributed by atoms with Crippen LogP contribution in [0.25, 0.3) is 22.5 Å². The van der Waals surface area contributed by atoms with Gasteiger partial charge < -0.3 is 9.47 Å². The van der Waals surface area contributed by atoms with Crippen LogP contribution in [0.3, 0.4) is 0 Å². The van der Waals surface area contributed by atoms with E-state index in [9.17, 15) is 9.59 Å². The van der Waals surface area contributed by atoms with Crippen LogP contribution in [-0.2, 0) is 20.8 Å². The van der Waals surface area contributed by atoms with Crippen LogP contribution in [-0.4, -0.2) is 44.5 Å². The Morgan fingerprint density at radius 3 is 2.33 bits per heavy atom. The van der Waals surface area contributed by atoms with Gasteiger partial charge in [-0.2, -0.15) is 10.1 Å². The number of benzene rings is 1. The Kier molecular flexibility index (Phi) is 8.25. The molecule has 8 heteroatoms. The van der Waals surface area contributed by atoms with Crippen molar-refractivity contribution >= 4 is 5.97 Å². The summed E-state index contributed by atoms with van der Waals surface area (Å²) in [5, 5.41) is 4.77. The Bertz CT molecular complexity index is 1200. The van der Waals surface area contributed by atoms with Gasteiger partial charge in [0.1, 0.15) is 23.6 Å². The van der Waals surface area contributed by atoms with Crippen molar-refractivity contribution in [1.82, 2.24) is 19.7 Å². The highest BCUT2D eigenvalue weighted by Gasteiger charge is 2.24. The summed E-state index contributed by atoms with van der Waals surface area (Å²) in [6.45, 7) is 6.59. The lowest BCUT2D eigenvalue weighted by atomic mass is 9.82. The van der Waals surface area contributed by atoms with Crippen LogP contribution in [0.5, 0.6) is 0 Å². The molecular formula is C28H34N4O4. The van der Waals surface area contributed by atoms with Gasteiger partial charge in [-0.3, -0.25) is 4.98 Å². The average Bonchev–Trinajstić information content (AvgIpc) is 2.86. The van der Waals surface area contributed by atoms with E-state index in [0.717, 1.165) is 36.8 Å². The van der Waals surface area contributed by atoms with Gasteiger partial charge >= 0.3 is 11.7 Å². The third-order valence-electron chi connectivity index (χ3n) is 6.25. The summed E-state index contributed by atoms with van der Waals surface area (Å²) < 4.78 is 12.4. The smallest absolute Gasteiger partial charge is 0.364 e. The molecule has 2 aromatic heterocycles. The molecular weight excluding hydrogens is 456 g/mol. The van der Waals surface area contributed by atoms with Crippen LogP contribution in [0.4, 0.5) is 0 Å². The zero-order valence-corrected chi connectivity index (χ0v) is 21.2. The summed E-state index contributed by atoms with van der Waals surface area (Å²) in [7, 11) is 0. The summed E-state index contributed by atoms with van der Waals surface area (Å²) in [5.41, 5.74) is 2.03. The third kappa shape index (κ3) is 7.07. The molecule has 0 bridgehead atoms. The normalized spacial score (nSPS) is 18.1. The van der Waals surface area contributed by atoms with Gasteiger partial charge in [0.2, 0.25) is 0 Å². The minimum absolute atomic E-state index is 0.0201. The fourth-order valence-electron chi connectivity index (χ4n) is 4.54. The highest BCUT2D eigenvalue weighted by molar-refractivity contribution is 5.76. The second-order valence-corrected chi connectivity index (χ2v) is 10.4. The first-order chi connectivity index (χ1) is 17.3. The maximum absolute atomic E-state index is 12.9. The minimum atomic E-state index is -0.504. The molecule has 4 rings (SSSR count). The fourth-order valence-corrected chi connectivity index (χ4v) is 4.54. The van der Waals surface area contributed by atoms with Gasteiger partial charge in [-0.1, -0.05) is 30.3 Å². The Morgan fingerprint density at radius 1 is 0.972 bits per heavy atom. The summed E-state index contributed by atoms with van der Waals surface area (Å²) in [4.78, 5) is 33.4. The lowest BCUT2D eigenvalue weighted by Crippen LogP contribution is -2.32. The van der Waals surface area contributed by atoms with Gasteiger partial charge in [0.25, 0.3) is 0 Å². The summed E-state index contributed by atoms with van der Waals surface area (Å²) in [5.74, 6) is 0.407. The van der Waals surface area contributed by atoms with E-state index < -0.39 is 5.60 Å². The molecule has 1 aliphatic carbocycles. The lowest BCUT2D eigenvalue weighted by molar-refractivity contribution is -0.160. The van der Waals surface area contributed by atoms with Crippen LogP contribution in [0.15, 0.2) is 59.7 Å². The quantitative estimate of drug-likeness (QED) is 0.428. The molecule has 1 aliphatic rings. The molecule has 0 N–H and O–H groups in total. The van der Waals surface area contributed by atoms with Crippen molar-refractivity contribution < 1.29 is 14.3 Å². The molecule has 1 saturated carbocycles. The molecule has 0 unspecified atom stereocenters. The molecule has 0 atom stereocenters. The highest BCUT2D eigenvalue weighted by Crippen LogP contribution is 2.31.